The van der Waals surface area contributed by atoms with Gasteiger partial charge in [-0.25, -0.2) is 0 Å². The summed E-state index contributed by atoms with van der Waals surface area (Å²) in [5.41, 5.74) is 0.581. The molecule has 1 atom stereocenters. The summed E-state index contributed by atoms with van der Waals surface area (Å²) in [6, 6.07) is 8.51. The SMILES string of the molecule is CCC(NC(=O)c1ccccc1)C(C)=O. The van der Waals surface area contributed by atoms with Crippen molar-refractivity contribution < 1.29 is 9.59 Å². The normalized spacial score (nSPS) is 11.9. The number of hydrogen-bond donors (Lipinski definition) is 1. The predicted octanol–water partition coefficient (Wildman–Crippen LogP) is 1.78. The van der Waals surface area contributed by atoms with Crippen molar-refractivity contribution in [1.29, 1.82) is 0 Å². The van der Waals surface area contributed by atoms with Gasteiger partial charge in [-0.15, -0.1) is 0 Å². The lowest BCUT2D eigenvalue weighted by Crippen LogP contribution is -2.39. The maximum atomic E-state index is 11.7. The lowest BCUT2D eigenvalue weighted by atomic mass is 10.1. The Morgan fingerprint density at radius 2 is 1.87 bits per heavy atom. The van der Waals surface area contributed by atoms with Crippen molar-refractivity contribution in [2.24, 2.45) is 0 Å². The van der Waals surface area contributed by atoms with Gasteiger partial charge in [0.1, 0.15) is 0 Å². The molecule has 15 heavy (non-hydrogen) atoms. The van der Waals surface area contributed by atoms with Gasteiger partial charge in [0.05, 0.1) is 6.04 Å². The molecule has 0 aliphatic rings. The molecule has 0 saturated heterocycles. The van der Waals surface area contributed by atoms with Gasteiger partial charge < -0.3 is 5.32 Å². The molecule has 0 aliphatic heterocycles. The van der Waals surface area contributed by atoms with E-state index >= 15 is 0 Å². The van der Waals surface area contributed by atoms with Crippen LogP contribution in [0.15, 0.2) is 30.3 Å². The quantitative estimate of drug-likeness (QED) is 0.814. The molecule has 0 fully saturated rings. The number of hydrogen-bond acceptors (Lipinski definition) is 2. The number of rotatable bonds is 4. The summed E-state index contributed by atoms with van der Waals surface area (Å²) in [5.74, 6) is -0.209. The van der Waals surface area contributed by atoms with Crippen molar-refractivity contribution in [2.45, 2.75) is 26.3 Å². The van der Waals surface area contributed by atoms with Gasteiger partial charge in [-0.3, -0.25) is 9.59 Å². The van der Waals surface area contributed by atoms with E-state index in [1.54, 1.807) is 24.3 Å². The van der Waals surface area contributed by atoms with Gasteiger partial charge in [-0.1, -0.05) is 25.1 Å². The molecule has 80 valence electrons. The first kappa shape index (κ1) is 11.4. The Balaban J connectivity index is 2.67. The monoisotopic (exact) mass is 205 g/mol. The third-order valence-corrected chi connectivity index (χ3v) is 2.24. The molecule has 0 aromatic heterocycles. The molecule has 1 aromatic rings. The van der Waals surface area contributed by atoms with Crippen LogP contribution in [0.5, 0.6) is 0 Å². The van der Waals surface area contributed by atoms with Crippen molar-refractivity contribution in [1.82, 2.24) is 5.32 Å². The highest BCUT2D eigenvalue weighted by atomic mass is 16.2. The fourth-order valence-corrected chi connectivity index (χ4v) is 1.32. The summed E-state index contributed by atoms with van der Waals surface area (Å²) < 4.78 is 0. The molecule has 0 aliphatic carbocycles. The average Bonchev–Trinajstić information content (AvgIpc) is 2.26. The first-order chi connectivity index (χ1) is 7.15. The highest BCUT2D eigenvalue weighted by Crippen LogP contribution is 2.00. The maximum absolute atomic E-state index is 11.7. The van der Waals surface area contributed by atoms with Gasteiger partial charge in [-0.05, 0) is 25.5 Å². The first-order valence-electron chi connectivity index (χ1n) is 5.01. The fourth-order valence-electron chi connectivity index (χ4n) is 1.32. The Morgan fingerprint density at radius 3 is 2.33 bits per heavy atom. The molecule has 1 amide bonds. The summed E-state index contributed by atoms with van der Waals surface area (Å²) in [5, 5.41) is 2.69. The molecule has 0 radical (unpaired) electrons. The van der Waals surface area contributed by atoms with E-state index in [9.17, 15) is 9.59 Å². The zero-order valence-corrected chi connectivity index (χ0v) is 8.99. The lowest BCUT2D eigenvalue weighted by Gasteiger charge is -2.13. The fraction of sp³-hybridized carbons (Fsp3) is 0.333. The second kappa shape index (κ2) is 5.29. The minimum Gasteiger partial charge on any atom is -0.342 e. The summed E-state index contributed by atoms with van der Waals surface area (Å²) >= 11 is 0. The zero-order chi connectivity index (χ0) is 11.3. The van der Waals surface area contributed by atoms with E-state index in [2.05, 4.69) is 5.32 Å². The van der Waals surface area contributed by atoms with Crippen LogP contribution in [0.25, 0.3) is 0 Å². The molecule has 3 heteroatoms. The number of benzene rings is 1. The molecule has 0 bridgehead atoms. The smallest absolute Gasteiger partial charge is 0.251 e. The Morgan fingerprint density at radius 1 is 1.27 bits per heavy atom. The molecule has 1 aromatic carbocycles. The summed E-state index contributed by atoms with van der Waals surface area (Å²) in [4.78, 5) is 22.8. The van der Waals surface area contributed by atoms with Crippen molar-refractivity contribution in [3.05, 3.63) is 35.9 Å². The summed E-state index contributed by atoms with van der Waals surface area (Å²) in [6.45, 7) is 3.36. The lowest BCUT2D eigenvalue weighted by molar-refractivity contribution is -0.118. The number of Topliss-reactive ketones (excluding diaryl/α,β-unsaturated/α-hetero) is 1. The topological polar surface area (TPSA) is 46.2 Å². The Kier molecular flexibility index (Phi) is 4.03. The van der Waals surface area contributed by atoms with Crippen molar-refractivity contribution in [3.63, 3.8) is 0 Å². The third-order valence-electron chi connectivity index (χ3n) is 2.24. The number of ketones is 1. The van der Waals surface area contributed by atoms with E-state index in [1.165, 1.54) is 6.92 Å². The van der Waals surface area contributed by atoms with Crippen LogP contribution in [0.1, 0.15) is 30.6 Å². The number of amides is 1. The largest absolute Gasteiger partial charge is 0.342 e. The third kappa shape index (κ3) is 3.20. The number of carbonyl (C=O) groups excluding carboxylic acids is 2. The Bertz CT molecular complexity index is 346. The summed E-state index contributed by atoms with van der Waals surface area (Å²) in [7, 11) is 0. The standard InChI is InChI=1S/C12H15NO2/c1-3-11(9(2)14)13-12(15)10-7-5-4-6-8-10/h4-8,11H,3H2,1-2H3,(H,13,15). The second-order valence-electron chi connectivity index (χ2n) is 3.41. The second-order valence-corrected chi connectivity index (χ2v) is 3.41. The Labute approximate surface area is 89.5 Å². The highest BCUT2D eigenvalue weighted by Gasteiger charge is 2.15. The summed E-state index contributed by atoms with van der Waals surface area (Å²) in [6.07, 6.45) is 0.619. The van der Waals surface area contributed by atoms with Crippen molar-refractivity contribution in [2.75, 3.05) is 0 Å². The van der Waals surface area contributed by atoms with Crippen LogP contribution in [0.2, 0.25) is 0 Å². The van der Waals surface area contributed by atoms with Gasteiger partial charge in [0.2, 0.25) is 0 Å². The van der Waals surface area contributed by atoms with Gasteiger partial charge in [0, 0.05) is 5.56 Å². The molecular weight excluding hydrogens is 190 g/mol. The average molecular weight is 205 g/mol. The minimum absolute atomic E-state index is 0.0122. The molecular formula is C12H15NO2. The minimum atomic E-state index is -0.377. The van der Waals surface area contributed by atoms with Crippen LogP contribution < -0.4 is 5.32 Å². The number of nitrogens with one attached hydrogen (secondary N) is 1. The van der Waals surface area contributed by atoms with E-state index in [4.69, 9.17) is 0 Å². The van der Waals surface area contributed by atoms with Crippen molar-refractivity contribution in [3.8, 4) is 0 Å². The van der Waals surface area contributed by atoms with Crippen molar-refractivity contribution >= 4 is 11.7 Å². The molecule has 0 heterocycles. The van der Waals surface area contributed by atoms with E-state index < -0.39 is 0 Å². The first-order valence-corrected chi connectivity index (χ1v) is 5.01. The van der Waals surface area contributed by atoms with Gasteiger partial charge in [0.15, 0.2) is 5.78 Å². The van der Waals surface area contributed by atoms with Crippen LogP contribution in [0.3, 0.4) is 0 Å². The van der Waals surface area contributed by atoms with Gasteiger partial charge in [-0.2, -0.15) is 0 Å². The van der Waals surface area contributed by atoms with Crippen LogP contribution in [-0.2, 0) is 4.79 Å². The van der Waals surface area contributed by atoms with E-state index in [0.29, 0.717) is 12.0 Å². The van der Waals surface area contributed by atoms with Crippen LogP contribution in [0, 0.1) is 0 Å². The molecule has 0 saturated carbocycles. The maximum Gasteiger partial charge on any atom is 0.251 e. The van der Waals surface area contributed by atoms with E-state index in [0.717, 1.165) is 0 Å². The van der Waals surface area contributed by atoms with Gasteiger partial charge in [0.25, 0.3) is 5.91 Å². The van der Waals surface area contributed by atoms with Crippen LogP contribution in [-0.4, -0.2) is 17.7 Å². The number of carbonyl (C=O) groups is 2. The Hall–Kier alpha value is -1.64. The van der Waals surface area contributed by atoms with E-state index in [-0.39, 0.29) is 17.7 Å². The predicted molar refractivity (Wildman–Crippen MR) is 58.7 cm³/mol. The molecule has 1 rings (SSSR count). The van der Waals surface area contributed by atoms with E-state index in [1.807, 2.05) is 13.0 Å². The molecule has 0 spiro atoms. The molecule has 3 nitrogen and oxygen atoms in total. The van der Waals surface area contributed by atoms with Gasteiger partial charge >= 0.3 is 0 Å². The van der Waals surface area contributed by atoms with Crippen LogP contribution >= 0.6 is 0 Å². The molecule has 1 unspecified atom stereocenters. The highest BCUT2D eigenvalue weighted by molar-refractivity contribution is 5.97. The van der Waals surface area contributed by atoms with Crippen LogP contribution in [0.4, 0.5) is 0 Å². The zero-order valence-electron chi connectivity index (χ0n) is 8.99. The molecule has 1 N–H and O–H groups in total.